The Hall–Kier alpha value is -1.95. The van der Waals surface area contributed by atoms with Gasteiger partial charge in [-0.2, -0.15) is 0 Å². The summed E-state index contributed by atoms with van der Waals surface area (Å²) in [5.41, 5.74) is 0.569. The van der Waals surface area contributed by atoms with Crippen molar-refractivity contribution >= 4 is 11.9 Å². The zero-order valence-corrected chi connectivity index (χ0v) is 17.0. The number of aromatic nitrogens is 1. The summed E-state index contributed by atoms with van der Waals surface area (Å²) in [6.45, 7) is 4.69. The number of aryl methyl sites for hydroxylation is 1. The lowest BCUT2D eigenvalue weighted by Crippen LogP contribution is -2.64. The number of amides is 1. The van der Waals surface area contributed by atoms with Gasteiger partial charge in [0.2, 0.25) is 0 Å². The highest BCUT2D eigenvalue weighted by molar-refractivity contribution is 5.98. The average Bonchev–Trinajstić information content (AvgIpc) is 3.35. The number of pyridine rings is 1. The summed E-state index contributed by atoms with van der Waals surface area (Å²) in [7, 11) is 1.45. The van der Waals surface area contributed by atoms with Crippen LogP contribution in [0.5, 0.6) is 0 Å². The van der Waals surface area contributed by atoms with Crippen molar-refractivity contribution < 1.29 is 14.3 Å². The summed E-state index contributed by atoms with van der Waals surface area (Å²) in [4.78, 5) is 35.2. The van der Waals surface area contributed by atoms with Crippen LogP contribution in [0.3, 0.4) is 0 Å². The molecule has 28 heavy (non-hydrogen) atoms. The number of hydrogen-bond acceptors (Lipinski definition) is 5. The predicted molar refractivity (Wildman–Crippen MR) is 106 cm³/mol. The quantitative estimate of drug-likeness (QED) is 0.730. The first-order valence-electron chi connectivity index (χ1n) is 10.6. The fourth-order valence-electron chi connectivity index (χ4n) is 5.02. The summed E-state index contributed by atoms with van der Waals surface area (Å²) in [5.74, 6) is 0.165. The molecule has 1 aromatic heterocycles. The molecule has 2 unspecified atom stereocenters. The Balaban J connectivity index is 1.66. The van der Waals surface area contributed by atoms with E-state index in [1.165, 1.54) is 20.0 Å². The number of methoxy groups -OCH3 is 1. The van der Waals surface area contributed by atoms with Crippen LogP contribution in [0.15, 0.2) is 18.3 Å². The van der Waals surface area contributed by atoms with Crippen molar-refractivity contribution in [3.8, 4) is 0 Å². The van der Waals surface area contributed by atoms with Gasteiger partial charge in [-0.05, 0) is 70.2 Å². The Bertz CT molecular complexity index is 725. The number of ether oxygens (including phenoxy) is 1. The van der Waals surface area contributed by atoms with Gasteiger partial charge < -0.3 is 14.5 Å². The highest BCUT2D eigenvalue weighted by Gasteiger charge is 2.54. The Morgan fingerprint density at radius 1 is 1.18 bits per heavy atom. The molecule has 3 aliphatic rings. The minimum absolute atomic E-state index is 0.0987. The van der Waals surface area contributed by atoms with Gasteiger partial charge >= 0.3 is 5.97 Å². The van der Waals surface area contributed by atoms with Crippen LogP contribution in [-0.2, 0) is 9.53 Å². The third kappa shape index (κ3) is 3.66. The van der Waals surface area contributed by atoms with Crippen LogP contribution in [0.1, 0.15) is 61.0 Å². The maximum Gasteiger partial charge on any atom is 0.331 e. The highest BCUT2D eigenvalue weighted by atomic mass is 16.5. The largest absolute Gasteiger partial charge is 0.467 e. The lowest BCUT2D eigenvalue weighted by Gasteiger charge is -2.49. The molecule has 3 heterocycles. The van der Waals surface area contributed by atoms with E-state index in [-0.39, 0.29) is 11.9 Å². The zero-order valence-electron chi connectivity index (χ0n) is 17.0. The molecule has 0 N–H and O–H groups in total. The van der Waals surface area contributed by atoms with Crippen LogP contribution >= 0.6 is 0 Å². The van der Waals surface area contributed by atoms with Crippen molar-refractivity contribution in [1.82, 2.24) is 14.8 Å². The van der Waals surface area contributed by atoms with E-state index in [0.717, 1.165) is 44.5 Å². The molecule has 4 rings (SSSR count). The van der Waals surface area contributed by atoms with Gasteiger partial charge in [0.15, 0.2) is 0 Å². The Kier molecular flexibility index (Phi) is 5.41. The number of rotatable bonds is 5. The average molecular weight is 386 g/mol. The summed E-state index contributed by atoms with van der Waals surface area (Å²) < 4.78 is 5.30. The second-order valence-corrected chi connectivity index (χ2v) is 8.71. The third-order valence-electron chi connectivity index (χ3n) is 6.73. The molecule has 1 saturated carbocycles. The minimum atomic E-state index is -0.858. The van der Waals surface area contributed by atoms with Crippen LogP contribution in [0.25, 0.3) is 0 Å². The normalized spacial score (nSPS) is 28.4. The first-order chi connectivity index (χ1) is 13.5. The number of nitrogens with zero attached hydrogens (tertiary/aromatic N) is 3. The summed E-state index contributed by atoms with van der Waals surface area (Å²) in [6, 6.07) is 4.02. The predicted octanol–water partition coefficient (Wildman–Crippen LogP) is 2.80. The zero-order chi connectivity index (χ0) is 19.7. The smallest absolute Gasteiger partial charge is 0.331 e. The van der Waals surface area contributed by atoms with Gasteiger partial charge in [0.05, 0.1) is 12.7 Å². The molecule has 6 heteroatoms. The molecule has 0 bridgehead atoms. The van der Waals surface area contributed by atoms with Gasteiger partial charge in [-0.1, -0.05) is 12.8 Å². The topological polar surface area (TPSA) is 62.7 Å². The van der Waals surface area contributed by atoms with Crippen molar-refractivity contribution in [2.24, 2.45) is 5.92 Å². The van der Waals surface area contributed by atoms with Crippen molar-refractivity contribution in [1.29, 1.82) is 0 Å². The Morgan fingerprint density at radius 3 is 2.54 bits per heavy atom. The minimum Gasteiger partial charge on any atom is -0.467 e. The van der Waals surface area contributed by atoms with Gasteiger partial charge in [0, 0.05) is 24.5 Å². The molecule has 2 aliphatic heterocycles. The van der Waals surface area contributed by atoms with Gasteiger partial charge in [-0.15, -0.1) is 0 Å². The summed E-state index contributed by atoms with van der Waals surface area (Å²) >= 11 is 0. The molecule has 1 aromatic rings. The molecular formula is C22H31N3O3. The SMILES string of the molecule is COC(=O)C1(CC2CC2)CC(N2CCCC2)CCN1C(=O)c1ccc(C)nc1. The van der Waals surface area contributed by atoms with Crippen LogP contribution in [0.4, 0.5) is 0 Å². The van der Waals surface area contributed by atoms with Crippen LogP contribution in [0, 0.1) is 12.8 Å². The molecule has 152 valence electrons. The van der Waals surface area contributed by atoms with E-state index in [1.54, 1.807) is 6.20 Å². The van der Waals surface area contributed by atoms with Crippen LogP contribution < -0.4 is 0 Å². The second kappa shape index (κ2) is 7.82. The second-order valence-electron chi connectivity index (χ2n) is 8.71. The standard InChI is InChI=1S/C22H31N3O3/c1-16-5-8-18(15-23-16)20(26)25-12-9-19(24-10-3-4-11-24)14-22(25,21(27)28-2)13-17-6-7-17/h5,8,15,17,19H,3-4,6-7,9-14H2,1-2H3. The number of carbonyl (C=O) groups is 2. The molecule has 3 fully saturated rings. The van der Waals surface area contributed by atoms with Crippen LogP contribution in [-0.4, -0.2) is 65.0 Å². The monoisotopic (exact) mass is 385 g/mol. The fraction of sp³-hybridized carbons (Fsp3) is 0.682. The number of hydrogen-bond donors (Lipinski definition) is 0. The molecule has 0 radical (unpaired) electrons. The van der Waals surface area contributed by atoms with Crippen molar-refractivity contribution in [2.45, 2.75) is 63.5 Å². The molecule has 1 aliphatic carbocycles. The van der Waals surface area contributed by atoms with E-state index in [4.69, 9.17) is 4.74 Å². The lowest BCUT2D eigenvalue weighted by atomic mass is 9.78. The first kappa shape index (κ1) is 19.4. The van der Waals surface area contributed by atoms with Gasteiger partial charge in [-0.25, -0.2) is 4.79 Å². The van der Waals surface area contributed by atoms with Crippen molar-refractivity contribution in [3.05, 3.63) is 29.6 Å². The number of esters is 1. The number of likely N-dealkylation sites (tertiary alicyclic amines) is 2. The Morgan fingerprint density at radius 2 is 1.93 bits per heavy atom. The van der Waals surface area contributed by atoms with Crippen LogP contribution in [0.2, 0.25) is 0 Å². The molecule has 0 spiro atoms. The van der Waals surface area contributed by atoms with Gasteiger partial charge in [-0.3, -0.25) is 9.78 Å². The summed E-state index contributed by atoms with van der Waals surface area (Å²) in [5, 5.41) is 0. The van der Waals surface area contributed by atoms with Gasteiger partial charge in [0.25, 0.3) is 5.91 Å². The highest BCUT2D eigenvalue weighted by Crippen LogP contribution is 2.45. The maximum atomic E-state index is 13.4. The number of carbonyl (C=O) groups excluding carboxylic acids is 2. The van der Waals surface area contributed by atoms with Gasteiger partial charge in [0.1, 0.15) is 5.54 Å². The van der Waals surface area contributed by atoms with E-state index in [9.17, 15) is 9.59 Å². The van der Waals surface area contributed by atoms with E-state index in [2.05, 4.69) is 9.88 Å². The van der Waals surface area contributed by atoms with E-state index in [0.29, 0.717) is 30.5 Å². The Labute approximate surface area is 167 Å². The first-order valence-corrected chi connectivity index (χ1v) is 10.6. The molecule has 2 atom stereocenters. The molecule has 1 amide bonds. The van der Waals surface area contributed by atoms with E-state index < -0.39 is 5.54 Å². The third-order valence-corrected chi connectivity index (χ3v) is 6.73. The molecular weight excluding hydrogens is 354 g/mol. The van der Waals surface area contributed by atoms with E-state index in [1.807, 2.05) is 24.0 Å². The molecule has 6 nitrogen and oxygen atoms in total. The van der Waals surface area contributed by atoms with E-state index >= 15 is 0 Å². The maximum absolute atomic E-state index is 13.4. The van der Waals surface area contributed by atoms with Crippen molar-refractivity contribution in [2.75, 3.05) is 26.7 Å². The molecule has 0 aromatic carbocycles. The number of piperidine rings is 1. The summed E-state index contributed by atoms with van der Waals surface area (Å²) in [6.07, 6.45) is 8.67. The lowest BCUT2D eigenvalue weighted by molar-refractivity contribution is -0.158. The fourth-order valence-corrected chi connectivity index (χ4v) is 5.02. The molecule has 2 saturated heterocycles. The van der Waals surface area contributed by atoms with Crippen molar-refractivity contribution in [3.63, 3.8) is 0 Å².